The Kier molecular flexibility index (Phi) is 37.4. The summed E-state index contributed by atoms with van der Waals surface area (Å²) in [6, 6.07) is -0.864. The van der Waals surface area contributed by atoms with E-state index in [9.17, 15) is 19.4 Å². The molecule has 8 nitrogen and oxygen atoms in total. The van der Waals surface area contributed by atoms with Crippen LogP contribution >= 0.6 is 7.82 Å². The number of amides is 1. The first-order valence-corrected chi connectivity index (χ1v) is 24.3. The molecule has 0 aliphatic heterocycles. The molecule has 0 aromatic carbocycles. The molecule has 0 heterocycles. The third kappa shape index (κ3) is 40.7. The zero-order chi connectivity index (χ0) is 40.7. The number of phosphoric ester groups is 1. The Morgan fingerprint density at radius 1 is 0.636 bits per heavy atom. The van der Waals surface area contributed by atoms with Crippen LogP contribution in [0.3, 0.4) is 0 Å². The maximum atomic E-state index is 12.8. The van der Waals surface area contributed by atoms with Crippen molar-refractivity contribution in [2.24, 2.45) is 0 Å². The Labute approximate surface area is 340 Å². The highest BCUT2D eigenvalue weighted by molar-refractivity contribution is 7.47. The number of allylic oxidation sites excluding steroid dienone is 5. The van der Waals surface area contributed by atoms with E-state index >= 15 is 0 Å². The summed E-state index contributed by atoms with van der Waals surface area (Å²) in [7, 11) is 1.55. The number of aliphatic hydroxyl groups excluding tert-OH is 1. The van der Waals surface area contributed by atoms with Crippen molar-refractivity contribution in [2.75, 3.05) is 40.9 Å². The molecule has 0 aromatic rings. The molecule has 55 heavy (non-hydrogen) atoms. The quantitative estimate of drug-likeness (QED) is 0.0246. The molecule has 0 fully saturated rings. The minimum Gasteiger partial charge on any atom is -0.387 e. The monoisotopic (exact) mass is 798 g/mol. The van der Waals surface area contributed by atoms with E-state index in [4.69, 9.17) is 9.05 Å². The standard InChI is InChI=1S/C46H89N2O6P/c1-6-8-10-12-14-16-17-18-19-20-21-22-23-24-25-26-27-28-29-30-32-34-36-38-40-46(50)47-44(43-54-55(51,52)53-42-41-48(3,4)5)45(49)39-37-35-33-31-15-13-11-9-7-2/h7,9,15,31,37,39,44-45,49H,6,8,10-14,16-30,32-36,38,40-43H2,1-5H3,(H-,47,50,51,52)/p+1/b9-7+,31-15+,39-37+. The smallest absolute Gasteiger partial charge is 0.387 e. The van der Waals surface area contributed by atoms with Crippen LogP contribution in [-0.4, -0.2) is 73.4 Å². The number of hydrogen-bond donors (Lipinski definition) is 3. The molecule has 1 amide bonds. The highest BCUT2D eigenvalue weighted by atomic mass is 31.2. The maximum absolute atomic E-state index is 12.8. The van der Waals surface area contributed by atoms with E-state index in [2.05, 4.69) is 30.5 Å². The lowest BCUT2D eigenvalue weighted by molar-refractivity contribution is -0.870. The average Bonchev–Trinajstić information content (AvgIpc) is 3.13. The van der Waals surface area contributed by atoms with Gasteiger partial charge in [0.25, 0.3) is 0 Å². The van der Waals surface area contributed by atoms with E-state index in [1.807, 2.05) is 40.2 Å². The number of rotatable bonds is 41. The summed E-state index contributed by atoms with van der Waals surface area (Å²) in [6.45, 7) is 4.56. The van der Waals surface area contributed by atoms with Gasteiger partial charge in [-0.05, 0) is 39.0 Å². The van der Waals surface area contributed by atoms with Gasteiger partial charge in [0.1, 0.15) is 13.2 Å². The summed E-state index contributed by atoms with van der Waals surface area (Å²) < 4.78 is 23.5. The largest absolute Gasteiger partial charge is 0.472 e. The summed E-state index contributed by atoms with van der Waals surface area (Å²) in [6.07, 6.45) is 46.9. The molecule has 0 radical (unpaired) electrons. The van der Waals surface area contributed by atoms with E-state index in [1.54, 1.807) is 6.08 Å². The van der Waals surface area contributed by atoms with Gasteiger partial charge < -0.3 is 19.8 Å². The van der Waals surface area contributed by atoms with Crippen LogP contribution in [0.4, 0.5) is 0 Å². The summed E-state index contributed by atoms with van der Waals surface area (Å²) in [4.78, 5) is 23.0. The molecule has 3 atom stereocenters. The van der Waals surface area contributed by atoms with Gasteiger partial charge in [0.2, 0.25) is 5.91 Å². The Balaban J connectivity index is 4.14. The predicted octanol–water partition coefficient (Wildman–Crippen LogP) is 12.7. The Hall–Kier alpha value is -1.28. The first-order valence-electron chi connectivity index (χ1n) is 22.8. The second kappa shape index (κ2) is 38.2. The van der Waals surface area contributed by atoms with Crippen LogP contribution in [0.25, 0.3) is 0 Å². The van der Waals surface area contributed by atoms with Crippen molar-refractivity contribution in [1.82, 2.24) is 5.32 Å². The number of carbonyl (C=O) groups is 1. The minimum atomic E-state index is -4.34. The molecule has 0 spiro atoms. The lowest BCUT2D eigenvalue weighted by atomic mass is 10.0. The van der Waals surface area contributed by atoms with Crippen LogP contribution in [0.5, 0.6) is 0 Å². The van der Waals surface area contributed by atoms with Gasteiger partial charge in [0.05, 0.1) is 39.9 Å². The molecule has 0 aliphatic carbocycles. The molecule has 0 rings (SSSR count). The molecule has 0 bridgehead atoms. The van der Waals surface area contributed by atoms with Gasteiger partial charge in [-0.15, -0.1) is 0 Å². The van der Waals surface area contributed by atoms with Crippen molar-refractivity contribution < 1.29 is 32.9 Å². The highest BCUT2D eigenvalue weighted by Crippen LogP contribution is 2.43. The SMILES string of the molecule is C/C=C/CC/C=C/CC/C=C/C(O)C(COP(=O)(O)OCC[N+](C)(C)C)NC(=O)CCCCCCCCCCCCCCCCCCCCCCCCCC. The van der Waals surface area contributed by atoms with Crippen molar-refractivity contribution in [3.63, 3.8) is 0 Å². The van der Waals surface area contributed by atoms with E-state index in [-0.39, 0.29) is 19.1 Å². The third-order valence-corrected chi connectivity index (χ3v) is 11.2. The number of carbonyl (C=O) groups excluding carboxylic acids is 1. The molecule has 0 saturated carbocycles. The summed E-state index contributed by atoms with van der Waals surface area (Å²) in [5.74, 6) is -0.192. The molecular formula is C46H90N2O6P+. The molecule has 3 N–H and O–H groups in total. The first kappa shape index (κ1) is 53.7. The second-order valence-corrected chi connectivity index (χ2v) is 18.2. The Bertz CT molecular complexity index is 995. The summed E-state index contributed by atoms with van der Waals surface area (Å²) >= 11 is 0. The third-order valence-electron chi connectivity index (χ3n) is 10.2. The second-order valence-electron chi connectivity index (χ2n) is 16.8. The maximum Gasteiger partial charge on any atom is 0.472 e. The van der Waals surface area contributed by atoms with E-state index in [1.165, 1.54) is 135 Å². The normalized spacial score (nSPS) is 14.7. The number of quaternary nitrogens is 1. The van der Waals surface area contributed by atoms with Crippen molar-refractivity contribution in [3.05, 3.63) is 36.5 Å². The van der Waals surface area contributed by atoms with Crippen molar-refractivity contribution >= 4 is 13.7 Å². The summed E-state index contributed by atoms with van der Waals surface area (Å²) in [5.41, 5.74) is 0. The Morgan fingerprint density at radius 2 is 1.04 bits per heavy atom. The molecular weight excluding hydrogens is 707 g/mol. The number of nitrogens with zero attached hydrogens (tertiary/aromatic N) is 1. The summed E-state index contributed by atoms with van der Waals surface area (Å²) in [5, 5.41) is 13.7. The fourth-order valence-electron chi connectivity index (χ4n) is 6.55. The van der Waals surface area contributed by atoms with E-state index in [0.717, 1.165) is 44.9 Å². The van der Waals surface area contributed by atoms with Gasteiger partial charge in [-0.1, -0.05) is 191 Å². The van der Waals surface area contributed by atoms with Gasteiger partial charge in [0, 0.05) is 6.42 Å². The number of phosphoric acid groups is 1. The lowest BCUT2D eigenvalue weighted by Crippen LogP contribution is -2.45. The molecule has 9 heteroatoms. The van der Waals surface area contributed by atoms with Gasteiger partial charge >= 0.3 is 7.82 Å². The highest BCUT2D eigenvalue weighted by Gasteiger charge is 2.27. The fourth-order valence-corrected chi connectivity index (χ4v) is 7.29. The average molecular weight is 798 g/mol. The van der Waals surface area contributed by atoms with E-state index < -0.39 is 20.0 Å². The van der Waals surface area contributed by atoms with E-state index in [0.29, 0.717) is 17.4 Å². The zero-order valence-corrected chi connectivity index (χ0v) is 37.6. The molecule has 3 unspecified atom stereocenters. The lowest BCUT2D eigenvalue weighted by Gasteiger charge is -2.25. The molecule has 0 saturated heterocycles. The number of hydrogen-bond acceptors (Lipinski definition) is 5. The van der Waals surface area contributed by atoms with Crippen LogP contribution in [-0.2, 0) is 18.4 Å². The van der Waals surface area contributed by atoms with Crippen LogP contribution < -0.4 is 5.32 Å². The van der Waals surface area contributed by atoms with Gasteiger partial charge in [-0.3, -0.25) is 13.8 Å². The topological polar surface area (TPSA) is 105 Å². The van der Waals surface area contributed by atoms with Gasteiger partial charge in [-0.2, -0.15) is 0 Å². The Morgan fingerprint density at radius 3 is 1.45 bits per heavy atom. The molecule has 324 valence electrons. The molecule has 0 aromatic heterocycles. The number of aliphatic hydroxyl groups is 1. The predicted molar refractivity (Wildman–Crippen MR) is 235 cm³/mol. The minimum absolute atomic E-state index is 0.0541. The van der Waals surface area contributed by atoms with Crippen molar-refractivity contribution in [3.8, 4) is 0 Å². The van der Waals surface area contributed by atoms with Crippen LogP contribution in [0, 0.1) is 0 Å². The number of likely N-dealkylation sites (N-methyl/N-ethyl adjacent to an activating group) is 1. The van der Waals surface area contributed by atoms with Gasteiger partial charge in [0.15, 0.2) is 0 Å². The van der Waals surface area contributed by atoms with Gasteiger partial charge in [-0.25, -0.2) is 4.57 Å². The van der Waals surface area contributed by atoms with Crippen LogP contribution in [0.1, 0.15) is 200 Å². The van der Waals surface area contributed by atoms with Crippen LogP contribution in [0.2, 0.25) is 0 Å². The van der Waals surface area contributed by atoms with Crippen LogP contribution in [0.15, 0.2) is 36.5 Å². The fraction of sp³-hybridized carbons (Fsp3) is 0.848. The zero-order valence-electron chi connectivity index (χ0n) is 36.7. The number of unbranched alkanes of at least 4 members (excludes halogenated alkanes) is 25. The first-order chi connectivity index (χ1) is 26.5. The molecule has 0 aliphatic rings. The van der Waals surface area contributed by atoms with Crippen molar-refractivity contribution in [2.45, 2.75) is 212 Å². The number of nitrogens with one attached hydrogen (secondary N) is 1. The van der Waals surface area contributed by atoms with Crippen molar-refractivity contribution in [1.29, 1.82) is 0 Å².